The number of rotatable bonds is 6. The molecule has 0 atom stereocenters. The van der Waals surface area contributed by atoms with Gasteiger partial charge in [0.15, 0.2) is 23.1 Å². The molecule has 4 nitrogen and oxygen atoms in total. The summed E-state index contributed by atoms with van der Waals surface area (Å²) < 4.78 is 38.6. The minimum Gasteiger partial charge on any atom is -0.454 e. The van der Waals surface area contributed by atoms with Crippen molar-refractivity contribution in [3.63, 3.8) is 0 Å². The molecule has 0 saturated carbocycles. The van der Waals surface area contributed by atoms with Gasteiger partial charge in [-0.05, 0) is 41.5 Å². The predicted octanol–water partition coefficient (Wildman–Crippen LogP) is 4.29. The van der Waals surface area contributed by atoms with Crippen molar-refractivity contribution in [2.24, 2.45) is 0 Å². The van der Waals surface area contributed by atoms with Gasteiger partial charge >= 0.3 is 0 Å². The van der Waals surface area contributed by atoms with Gasteiger partial charge in [0.05, 0.1) is 0 Å². The minimum absolute atomic E-state index is 0.216. The standard InChI is InChI=1S/C21H18F2N2O2/c22-18-3-1-2-17(21(18)23)13-25(11-15-6-8-24-9-7-15)12-16-4-5-19-20(10-16)27-14-26-19/h1-10H,11-14H2. The third-order valence-corrected chi connectivity index (χ3v) is 4.42. The van der Waals surface area contributed by atoms with Crippen LogP contribution in [0.1, 0.15) is 16.7 Å². The number of hydrogen-bond acceptors (Lipinski definition) is 4. The number of fused-ring (bicyclic) bond motifs is 1. The molecule has 0 spiro atoms. The fourth-order valence-electron chi connectivity index (χ4n) is 3.12. The Morgan fingerprint density at radius 3 is 2.48 bits per heavy atom. The molecular formula is C21H18F2N2O2. The molecule has 2 aromatic carbocycles. The van der Waals surface area contributed by atoms with Crippen LogP contribution in [0.4, 0.5) is 8.78 Å². The molecule has 1 aliphatic rings. The van der Waals surface area contributed by atoms with Crippen LogP contribution in [0.5, 0.6) is 11.5 Å². The Labute approximate surface area is 156 Å². The van der Waals surface area contributed by atoms with Crippen LogP contribution in [0, 0.1) is 11.6 Å². The summed E-state index contributed by atoms with van der Waals surface area (Å²) >= 11 is 0. The second-order valence-corrected chi connectivity index (χ2v) is 6.40. The van der Waals surface area contributed by atoms with E-state index in [2.05, 4.69) is 4.98 Å². The van der Waals surface area contributed by atoms with E-state index in [0.717, 1.165) is 22.9 Å². The van der Waals surface area contributed by atoms with Crippen molar-refractivity contribution in [1.82, 2.24) is 9.88 Å². The molecule has 0 unspecified atom stereocenters. The van der Waals surface area contributed by atoms with E-state index in [9.17, 15) is 8.78 Å². The quantitative estimate of drug-likeness (QED) is 0.650. The Morgan fingerprint density at radius 2 is 1.63 bits per heavy atom. The highest BCUT2D eigenvalue weighted by molar-refractivity contribution is 5.44. The van der Waals surface area contributed by atoms with Crippen LogP contribution in [-0.2, 0) is 19.6 Å². The Balaban J connectivity index is 1.58. The van der Waals surface area contributed by atoms with E-state index in [-0.39, 0.29) is 13.3 Å². The SMILES string of the molecule is Fc1cccc(CN(Cc2ccncc2)Cc2ccc3c(c2)OCO3)c1F. The molecule has 0 bridgehead atoms. The van der Waals surface area contributed by atoms with Gasteiger partial charge in [0, 0.05) is 37.6 Å². The lowest BCUT2D eigenvalue weighted by Gasteiger charge is -2.23. The minimum atomic E-state index is -0.834. The Morgan fingerprint density at radius 1 is 0.852 bits per heavy atom. The molecule has 3 aromatic rings. The number of hydrogen-bond donors (Lipinski definition) is 0. The van der Waals surface area contributed by atoms with Crippen molar-refractivity contribution < 1.29 is 18.3 Å². The molecule has 0 radical (unpaired) electrons. The Bertz CT molecular complexity index is 935. The van der Waals surface area contributed by atoms with Crippen molar-refractivity contribution in [3.8, 4) is 11.5 Å². The van der Waals surface area contributed by atoms with Crippen LogP contribution in [0.15, 0.2) is 60.9 Å². The molecule has 4 rings (SSSR count). The van der Waals surface area contributed by atoms with Crippen LogP contribution in [0.25, 0.3) is 0 Å². The van der Waals surface area contributed by atoms with E-state index in [1.54, 1.807) is 18.5 Å². The van der Waals surface area contributed by atoms with E-state index in [1.807, 2.05) is 35.2 Å². The van der Waals surface area contributed by atoms with Crippen molar-refractivity contribution in [3.05, 3.63) is 89.2 Å². The topological polar surface area (TPSA) is 34.6 Å². The second-order valence-electron chi connectivity index (χ2n) is 6.40. The second kappa shape index (κ2) is 7.72. The monoisotopic (exact) mass is 368 g/mol. The first-order chi connectivity index (χ1) is 13.2. The predicted molar refractivity (Wildman–Crippen MR) is 96.1 cm³/mol. The number of benzene rings is 2. The van der Waals surface area contributed by atoms with Crippen molar-refractivity contribution >= 4 is 0 Å². The molecule has 1 aliphatic heterocycles. The molecule has 138 valence electrons. The van der Waals surface area contributed by atoms with Gasteiger partial charge in [0.1, 0.15) is 0 Å². The number of pyridine rings is 1. The first kappa shape index (κ1) is 17.4. The lowest BCUT2D eigenvalue weighted by Crippen LogP contribution is -2.23. The van der Waals surface area contributed by atoms with E-state index < -0.39 is 11.6 Å². The Hall–Kier alpha value is -2.99. The summed E-state index contributed by atoms with van der Waals surface area (Å²) in [5, 5.41) is 0. The average Bonchev–Trinajstić information content (AvgIpc) is 3.14. The molecule has 2 heterocycles. The summed E-state index contributed by atoms with van der Waals surface area (Å²) in [6.45, 7) is 1.62. The summed E-state index contributed by atoms with van der Waals surface area (Å²) in [4.78, 5) is 6.07. The van der Waals surface area contributed by atoms with E-state index in [4.69, 9.17) is 9.47 Å². The summed E-state index contributed by atoms with van der Waals surface area (Å²) in [5.41, 5.74) is 2.37. The third-order valence-electron chi connectivity index (χ3n) is 4.42. The first-order valence-corrected chi connectivity index (χ1v) is 8.62. The summed E-state index contributed by atoms with van der Waals surface area (Å²) in [6.07, 6.45) is 3.44. The number of ether oxygens (including phenoxy) is 2. The Kier molecular flexibility index (Phi) is 4.98. The smallest absolute Gasteiger partial charge is 0.231 e. The zero-order valence-electron chi connectivity index (χ0n) is 14.6. The number of aromatic nitrogens is 1. The highest BCUT2D eigenvalue weighted by Gasteiger charge is 2.17. The molecule has 6 heteroatoms. The largest absolute Gasteiger partial charge is 0.454 e. The van der Waals surface area contributed by atoms with Crippen molar-refractivity contribution in [2.75, 3.05) is 6.79 Å². The maximum absolute atomic E-state index is 14.2. The fourth-order valence-corrected chi connectivity index (χ4v) is 3.12. The summed E-state index contributed by atoms with van der Waals surface area (Å²) in [6, 6.07) is 13.8. The van der Waals surface area contributed by atoms with Gasteiger partial charge in [-0.1, -0.05) is 18.2 Å². The van der Waals surface area contributed by atoms with Gasteiger partial charge in [-0.25, -0.2) is 8.78 Å². The molecule has 1 aromatic heterocycles. The maximum Gasteiger partial charge on any atom is 0.231 e. The molecule has 0 saturated heterocycles. The molecule has 0 aliphatic carbocycles. The summed E-state index contributed by atoms with van der Waals surface area (Å²) in [7, 11) is 0. The van der Waals surface area contributed by atoms with Crippen molar-refractivity contribution in [2.45, 2.75) is 19.6 Å². The van der Waals surface area contributed by atoms with Gasteiger partial charge in [-0.3, -0.25) is 9.88 Å². The van der Waals surface area contributed by atoms with E-state index >= 15 is 0 Å². The lowest BCUT2D eigenvalue weighted by atomic mass is 10.1. The maximum atomic E-state index is 14.2. The van der Waals surface area contributed by atoms with Gasteiger partial charge < -0.3 is 9.47 Å². The molecule has 27 heavy (non-hydrogen) atoms. The lowest BCUT2D eigenvalue weighted by molar-refractivity contribution is 0.174. The molecular weight excluding hydrogens is 350 g/mol. The summed E-state index contributed by atoms with van der Waals surface area (Å²) in [5.74, 6) is -0.216. The highest BCUT2D eigenvalue weighted by atomic mass is 19.2. The highest BCUT2D eigenvalue weighted by Crippen LogP contribution is 2.33. The first-order valence-electron chi connectivity index (χ1n) is 8.62. The molecule has 0 amide bonds. The van der Waals surface area contributed by atoms with Gasteiger partial charge in [0.2, 0.25) is 6.79 Å². The zero-order valence-corrected chi connectivity index (χ0v) is 14.6. The van der Waals surface area contributed by atoms with Gasteiger partial charge in [0.25, 0.3) is 0 Å². The van der Waals surface area contributed by atoms with Gasteiger partial charge in [-0.2, -0.15) is 0 Å². The third kappa shape index (κ3) is 4.06. The fraction of sp³-hybridized carbons (Fsp3) is 0.190. The normalized spacial score (nSPS) is 12.6. The average molecular weight is 368 g/mol. The van der Waals surface area contributed by atoms with Crippen LogP contribution in [0.3, 0.4) is 0 Å². The molecule has 0 N–H and O–H groups in total. The van der Waals surface area contributed by atoms with Crippen molar-refractivity contribution in [1.29, 1.82) is 0 Å². The van der Waals surface area contributed by atoms with Crippen LogP contribution in [-0.4, -0.2) is 16.7 Å². The number of nitrogens with zero attached hydrogens (tertiary/aromatic N) is 2. The zero-order chi connectivity index (χ0) is 18.6. The van der Waals surface area contributed by atoms with Crippen LogP contribution < -0.4 is 9.47 Å². The molecule has 0 fully saturated rings. The van der Waals surface area contributed by atoms with E-state index in [1.165, 1.54) is 6.07 Å². The van der Waals surface area contributed by atoms with Gasteiger partial charge in [-0.15, -0.1) is 0 Å². The van der Waals surface area contributed by atoms with Crippen LogP contribution >= 0.6 is 0 Å². The number of halogens is 2. The van der Waals surface area contributed by atoms with Crippen LogP contribution in [0.2, 0.25) is 0 Å². The van der Waals surface area contributed by atoms with E-state index in [0.29, 0.717) is 24.4 Å².